The number of hydrogen-bond donors (Lipinski definition) is 0. The molecule has 6 aromatic carbocycles. The van der Waals surface area contributed by atoms with Gasteiger partial charge in [-0.05, 0) is 54.9 Å². The second-order valence-corrected chi connectivity index (χ2v) is 10.6. The lowest BCUT2D eigenvalue weighted by Gasteiger charge is -2.09. The lowest BCUT2D eigenvalue weighted by Crippen LogP contribution is -2.00. The Labute approximate surface area is 249 Å². The molecule has 0 amide bonds. The number of rotatable bonds is 3. The van der Waals surface area contributed by atoms with Gasteiger partial charge in [0.2, 0.25) is 0 Å². The Morgan fingerprint density at radius 2 is 0.857 bits per heavy atom. The summed E-state index contributed by atoms with van der Waals surface area (Å²) in [4.78, 5) is 43.3. The Morgan fingerprint density at radius 3 is 1.21 bits per heavy atom. The third-order valence-electron chi connectivity index (χ3n) is 7.19. The second-order valence-electron chi connectivity index (χ2n) is 9.47. The van der Waals surface area contributed by atoms with Crippen molar-refractivity contribution >= 4 is 77.8 Å². The van der Waals surface area contributed by atoms with Crippen LogP contribution in [0.25, 0.3) is 43.4 Å². The number of benzene rings is 6. The molecule has 0 saturated carbocycles. The first kappa shape index (κ1) is 26.9. The summed E-state index contributed by atoms with van der Waals surface area (Å²) < 4.78 is 0.279. The number of carbonyl (C=O) groups excluding carboxylic acids is 1. The maximum Gasteiger partial charge on any atom is 0.284 e. The van der Waals surface area contributed by atoms with Crippen molar-refractivity contribution in [2.24, 2.45) is 0 Å². The maximum atomic E-state index is 12.5. The standard InChI is InChI=1S/C18H12.C13H4IN3O7/c1-2-8-14-13(7-1)15-9-3-4-11-17(15)18-12-6-5-10-16(14)18;14-9-3-5(15(19)20)1-7-11(9)12-8(13(7)18)2-6(16(21)22)4-10(12)17(23)24/h1-12H;1-4H. The van der Waals surface area contributed by atoms with Crippen LogP contribution in [0.4, 0.5) is 17.1 Å². The van der Waals surface area contributed by atoms with Crippen LogP contribution < -0.4 is 0 Å². The first-order valence-electron chi connectivity index (χ1n) is 12.5. The van der Waals surface area contributed by atoms with Gasteiger partial charge in [-0.1, -0.05) is 72.8 Å². The molecule has 7 rings (SSSR count). The largest absolute Gasteiger partial charge is 0.289 e. The van der Waals surface area contributed by atoms with E-state index in [1.165, 1.54) is 38.4 Å². The Kier molecular flexibility index (Phi) is 6.58. The molecule has 42 heavy (non-hydrogen) atoms. The molecule has 0 fully saturated rings. The van der Waals surface area contributed by atoms with Crippen molar-refractivity contribution in [3.8, 4) is 11.1 Å². The Bertz CT molecular complexity index is 1960. The van der Waals surface area contributed by atoms with Crippen molar-refractivity contribution in [2.75, 3.05) is 0 Å². The Hall–Kier alpha value is -5.30. The van der Waals surface area contributed by atoms with Crippen LogP contribution in [0.1, 0.15) is 15.9 Å². The number of nitrogens with zero attached hydrogens (tertiary/aromatic N) is 3. The number of carbonyl (C=O) groups is 1. The molecule has 0 aliphatic heterocycles. The van der Waals surface area contributed by atoms with Gasteiger partial charge in [-0.2, -0.15) is 0 Å². The molecule has 0 N–H and O–H groups in total. The van der Waals surface area contributed by atoms with Crippen LogP contribution in [-0.2, 0) is 0 Å². The quantitative estimate of drug-likeness (QED) is 0.0795. The van der Waals surface area contributed by atoms with Crippen molar-refractivity contribution in [3.63, 3.8) is 0 Å². The molecule has 10 nitrogen and oxygen atoms in total. The summed E-state index contributed by atoms with van der Waals surface area (Å²) in [6.07, 6.45) is 0. The summed E-state index contributed by atoms with van der Waals surface area (Å²) in [5.74, 6) is -0.714. The van der Waals surface area contributed by atoms with Crippen molar-refractivity contribution < 1.29 is 19.6 Å². The zero-order chi connectivity index (χ0) is 29.7. The van der Waals surface area contributed by atoms with Crippen molar-refractivity contribution in [2.45, 2.75) is 0 Å². The van der Waals surface area contributed by atoms with Crippen molar-refractivity contribution in [3.05, 3.63) is 142 Å². The van der Waals surface area contributed by atoms with Crippen LogP contribution in [0, 0.1) is 33.9 Å². The van der Waals surface area contributed by atoms with Gasteiger partial charge in [0.15, 0.2) is 5.78 Å². The number of ketones is 1. The van der Waals surface area contributed by atoms with Crippen molar-refractivity contribution in [1.29, 1.82) is 0 Å². The maximum absolute atomic E-state index is 12.5. The first-order valence-corrected chi connectivity index (χ1v) is 13.5. The minimum atomic E-state index is -0.836. The smallest absolute Gasteiger partial charge is 0.284 e. The van der Waals surface area contributed by atoms with Crippen LogP contribution in [0.2, 0.25) is 0 Å². The zero-order valence-electron chi connectivity index (χ0n) is 21.3. The van der Waals surface area contributed by atoms with Gasteiger partial charge in [0.1, 0.15) is 0 Å². The molecule has 1 aliphatic rings. The molecule has 11 heteroatoms. The van der Waals surface area contributed by atoms with E-state index in [1.54, 1.807) is 22.6 Å². The highest BCUT2D eigenvalue weighted by Crippen LogP contribution is 2.47. The molecular formula is C31H16IN3O7. The molecule has 1 aliphatic carbocycles. The van der Waals surface area contributed by atoms with Crippen LogP contribution in [0.5, 0.6) is 0 Å². The molecule has 0 unspecified atom stereocenters. The Balaban J connectivity index is 0.000000156. The van der Waals surface area contributed by atoms with E-state index in [1.807, 2.05) is 0 Å². The van der Waals surface area contributed by atoms with Crippen LogP contribution in [-0.4, -0.2) is 20.6 Å². The Morgan fingerprint density at radius 1 is 0.500 bits per heavy atom. The number of non-ortho nitro benzene ring substituents is 2. The number of nitro benzene ring substituents is 3. The van der Waals surface area contributed by atoms with E-state index in [4.69, 9.17) is 0 Å². The highest BCUT2D eigenvalue weighted by molar-refractivity contribution is 14.1. The first-order chi connectivity index (χ1) is 20.2. The predicted molar refractivity (Wildman–Crippen MR) is 167 cm³/mol. The SMILES string of the molecule is O=C1c2cc([N+](=O)[O-])cc(I)c2-c2c1cc([N+](=O)[O-])cc2[N+](=O)[O-].c1ccc2c(c1)c1ccccc1c1ccccc21. The number of hydrogen-bond acceptors (Lipinski definition) is 7. The molecule has 0 aromatic heterocycles. The van der Waals surface area contributed by atoms with E-state index in [0.29, 0.717) is 0 Å². The van der Waals surface area contributed by atoms with Gasteiger partial charge in [0.05, 0.1) is 26.4 Å². The summed E-state index contributed by atoms with van der Waals surface area (Å²) in [6.45, 7) is 0. The fourth-order valence-corrected chi connectivity index (χ4v) is 6.32. The van der Waals surface area contributed by atoms with E-state index >= 15 is 0 Å². The van der Waals surface area contributed by atoms with Gasteiger partial charge in [-0.3, -0.25) is 35.1 Å². The number of nitro groups is 3. The van der Waals surface area contributed by atoms with E-state index in [9.17, 15) is 35.1 Å². The molecule has 204 valence electrons. The molecule has 0 radical (unpaired) electrons. The highest BCUT2D eigenvalue weighted by Gasteiger charge is 2.38. The molecular weight excluding hydrogens is 653 g/mol. The molecule has 0 bridgehead atoms. The van der Waals surface area contributed by atoms with Crippen LogP contribution in [0.15, 0.2) is 97.1 Å². The summed E-state index contributed by atoms with van der Waals surface area (Å²) in [5.41, 5.74) is -1.66. The molecule has 6 aromatic rings. The normalized spacial score (nSPS) is 11.6. The van der Waals surface area contributed by atoms with Gasteiger partial charge < -0.3 is 0 Å². The summed E-state index contributed by atoms with van der Waals surface area (Å²) >= 11 is 1.74. The van der Waals surface area contributed by atoms with Crippen LogP contribution >= 0.6 is 22.6 Å². The monoisotopic (exact) mass is 669 g/mol. The van der Waals surface area contributed by atoms with E-state index in [0.717, 1.165) is 18.2 Å². The molecule has 0 atom stereocenters. The average molecular weight is 669 g/mol. The molecule has 0 saturated heterocycles. The van der Waals surface area contributed by atoms with E-state index in [-0.39, 0.29) is 31.5 Å². The second kappa shape index (κ2) is 10.3. The topological polar surface area (TPSA) is 146 Å². The summed E-state index contributed by atoms with van der Waals surface area (Å²) in [5, 5.41) is 41.2. The lowest BCUT2D eigenvalue weighted by molar-refractivity contribution is -0.393. The van der Waals surface area contributed by atoms with Gasteiger partial charge in [0.25, 0.3) is 17.1 Å². The minimum absolute atomic E-state index is 0.0510. The van der Waals surface area contributed by atoms with E-state index in [2.05, 4.69) is 72.8 Å². The van der Waals surface area contributed by atoms with Gasteiger partial charge in [-0.25, -0.2) is 0 Å². The van der Waals surface area contributed by atoms with E-state index < -0.39 is 31.9 Å². The third-order valence-corrected chi connectivity index (χ3v) is 8.04. The van der Waals surface area contributed by atoms with Crippen molar-refractivity contribution in [1.82, 2.24) is 0 Å². The highest BCUT2D eigenvalue weighted by atomic mass is 127. The van der Waals surface area contributed by atoms with Crippen LogP contribution in [0.3, 0.4) is 0 Å². The average Bonchev–Trinajstić information content (AvgIpc) is 3.29. The molecule has 0 spiro atoms. The zero-order valence-corrected chi connectivity index (χ0v) is 23.5. The molecule has 0 heterocycles. The predicted octanol–water partition coefficient (Wildman–Crippen LogP) is 8.37. The fourth-order valence-electron chi connectivity index (χ4n) is 5.44. The minimum Gasteiger partial charge on any atom is -0.289 e. The van der Waals surface area contributed by atoms with Gasteiger partial charge in [-0.15, -0.1) is 0 Å². The summed E-state index contributed by atoms with van der Waals surface area (Å²) in [7, 11) is 0. The lowest BCUT2D eigenvalue weighted by atomic mass is 9.95. The summed E-state index contributed by atoms with van der Waals surface area (Å²) in [6, 6.07) is 29.9. The third kappa shape index (κ3) is 4.30. The van der Waals surface area contributed by atoms with Gasteiger partial charge >= 0.3 is 0 Å². The van der Waals surface area contributed by atoms with Gasteiger partial charge in [0, 0.05) is 38.5 Å². The number of fused-ring (bicyclic) bond motifs is 9. The number of halogens is 1. The fraction of sp³-hybridized carbons (Fsp3) is 0.